The summed E-state index contributed by atoms with van der Waals surface area (Å²) in [6.07, 6.45) is 4.86. The van der Waals surface area contributed by atoms with Crippen LogP contribution in [-0.2, 0) is 15.6 Å². The number of methoxy groups -OCH3 is 1. The molecule has 100 valence electrons. The van der Waals surface area contributed by atoms with E-state index in [1.807, 2.05) is 6.08 Å². The van der Waals surface area contributed by atoms with Gasteiger partial charge in [-0.15, -0.1) is 0 Å². The van der Waals surface area contributed by atoms with Gasteiger partial charge in [0.05, 0.1) is 6.23 Å². The van der Waals surface area contributed by atoms with Gasteiger partial charge in [0.1, 0.15) is 0 Å². The maximum Gasteiger partial charge on any atom is 0.201 e. The van der Waals surface area contributed by atoms with Crippen LogP contribution >= 0.6 is 0 Å². The molecule has 0 fully saturated rings. The zero-order chi connectivity index (χ0) is 13.2. The van der Waals surface area contributed by atoms with Crippen molar-refractivity contribution in [1.29, 1.82) is 0 Å². The highest BCUT2D eigenvalue weighted by Gasteiger charge is 2.08. The lowest BCUT2D eigenvalue weighted by atomic mass is 10.1. The van der Waals surface area contributed by atoms with E-state index in [0.29, 0.717) is 0 Å². The summed E-state index contributed by atoms with van der Waals surface area (Å²) in [6.45, 7) is 6.83. The van der Waals surface area contributed by atoms with Crippen molar-refractivity contribution in [3.05, 3.63) is 42.0 Å². The summed E-state index contributed by atoms with van der Waals surface area (Å²) in [5, 5.41) is 0. The Bertz CT molecular complexity index is 352. The van der Waals surface area contributed by atoms with Gasteiger partial charge in [0.15, 0.2) is 0 Å². The third-order valence-electron chi connectivity index (χ3n) is 2.96. The zero-order valence-electron chi connectivity index (χ0n) is 11.5. The first-order valence-electron chi connectivity index (χ1n) is 6.62. The van der Waals surface area contributed by atoms with Crippen LogP contribution in [0.2, 0.25) is 6.04 Å². The van der Waals surface area contributed by atoms with Gasteiger partial charge in [-0.3, -0.25) is 0 Å². The van der Waals surface area contributed by atoms with Gasteiger partial charge in [-0.1, -0.05) is 43.8 Å². The Labute approximate surface area is 112 Å². The van der Waals surface area contributed by atoms with E-state index in [-0.39, 0.29) is 0 Å². The van der Waals surface area contributed by atoms with Gasteiger partial charge in [-0.05, 0) is 30.0 Å². The summed E-state index contributed by atoms with van der Waals surface area (Å²) in [5.74, 6) is 0. The maximum atomic E-state index is 5.90. The van der Waals surface area contributed by atoms with E-state index in [1.165, 1.54) is 11.1 Å². The first kappa shape index (κ1) is 15.2. The van der Waals surface area contributed by atoms with Crippen molar-refractivity contribution in [3.63, 3.8) is 0 Å². The van der Waals surface area contributed by atoms with E-state index in [2.05, 4.69) is 37.8 Å². The van der Waals surface area contributed by atoms with Crippen LogP contribution in [0, 0.1) is 0 Å². The minimum absolute atomic E-state index is 0.822. The normalized spacial score (nSPS) is 12.3. The van der Waals surface area contributed by atoms with E-state index in [9.17, 15) is 0 Å². The Hall–Kier alpha value is -0.903. The molecule has 0 heterocycles. The topological polar surface area (TPSA) is 18.5 Å². The van der Waals surface area contributed by atoms with Gasteiger partial charge < -0.3 is 9.16 Å². The van der Waals surface area contributed by atoms with Crippen LogP contribution in [0.15, 0.2) is 30.8 Å². The van der Waals surface area contributed by atoms with Gasteiger partial charge in [0.2, 0.25) is 9.04 Å². The van der Waals surface area contributed by atoms with Crippen LogP contribution in [0.1, 0.15) is 24.5 Å². The van der Waals surface area contributed by atoms with Crippen molar-refractivity contribution in [2.45, 2.75) is 25.8 Å². The molecule has 0 radical (unpaired) electrons. The zero-order valence-corrected chi connectivity index (χ0v) is 12.7. The van der Waals surface area contributed by atoms with E-state index < -0.39 is 9.04 Å². The van der Waals surface area contributed by atoms with E-state index in [0.717, 1.165) is 31.7 Å². The Morgan fingerprint density at radius 3 is 2.89 bits per heavy atom. The fourth-order valence-corrected chi connectivity index (χ4v) is 3.31. The Morgan fingerprint density at radius 1 is 1.39 bits per heavy atom. The van der Waals surface area contributed by atoms with Crippen molar-refractivity contribution in [1.82, 2.24) is 0 Å². The largest absolute Gasteiger partial charge is 0.418 e. The van der Waals surface area contributed by atoms with Crippen LogP contribution in [-0.4, -0.2) is 29.0 Å². The van der Waals surface area contributed by atoms with Crippen molar-refractivity contribution in [2.24, 2.45) is 0 Å². The molecule has 3 heteroatoms. The third kappa shape index (κ3) is 5.62. The molecule has 1 aromatic rings. The molecule has 1 aromatic carbocycles. The minimum atomic E-state index is -1.09. The average Bonchev–Trinajstić information content (AvgIpc) is 2.42. The molecule has 0 aliphatic carbocycles. The summed E-state index contributed by atoms with van der Waals surface area (Å²) in [6, 6.07) is 9.65. The Kier molecular flexibility index (Phi) is 7.65. The second-order valence-electron chi connectivity index (χ2n) is 4.41. The molecule has 0 aliphatic rings. The van der Waals surface area contributed by atoms with Gasteiger partial charge in [-0.25, -0.2) is 0 Å². The predicted octanol–water partition coefficient (Wildman–Crippen LogP) is 3.21. The van der Waals surface area contributed by atoms with Crippen LogP contribution in [0.5, 0.6) is 0 Å². The first-order chi connectivity index (χ1) is 8.80. The molecule has 0 spiro atoms. The Balaban J connectivity index is 2.26. The molecular formula is C15H24O2Si. The summed E-state index contributed by atoms with van der Waals surface area (Å²) < 4.78 is 11.1. The standard InChI is InChI=1S/C15H24O2Si/c1-4-14-8-6-9-15(12-14)10-7-11-17-18(5-2)13-16-3/h4,6,8-9,12,18H,1,5,7,10-11,13H2,2-3H3. The van der Waals surface area contributed by atoms with Gasteiger partial charge in [0.25, 0.3) is 0 Å². The van der Waals surface area contributed by atoms with Crippen molar-refractivity contribution < 1.29 is 9.16 Å². The van der Waals surface area contributed by atoms with Gasteiger partial charge in [-0.2, -0.15) is 0 Å². The number of hydrogen-bond donors (Lipinski definition) is 0. The first-order valence-corrected chi connectivity index (χ1v) is 8.72. The lowest BCUT2D eigenvalue weighted by Crippen LogP contribution is -2.24. The molecule has 0 aromatic heterocycles. The van der Waals surface area contributed by atoms with E-state index >= 15 is 0 Å². The second-order valence-corrected chi connectivity index (χ2v) is 7.14. The summed E-state index contributed by atoms with van der Waals surface area (Å²) in [7, 11) is 0.657. The SMILES string of the molecule is C=Cc1cccc(CCCO[SiH](CC)COC)c1. The fourth-order valence-electron chi connectivity index (χ4n) is 1.87. The highest BCUT2D eigenvalue weighted by Crippen LogP contribution is 2.09. The molecule has 18 heavy (non-hydrogen) atoms. The summed E-state index contributed by atoms with van der Waals surface area (Å²) in [4.78, 5) is 0. The molecule has 1 rings (SSSR count). The molecule has 1 atom stereocenters. The lowest BCUT2D eigenvalue weighted by molar-refractivity contribution is 0.216. The smallest absolute Gasteiger partial charge is 0.201 e. The van der Waals surface area contributed by atoms with Crippen LogP contribution in [0.4, 0.5) is 0 Å². The lowest BCUT2D eigenvalue weighted by Gasteiger charge is -2.13. The molecule has 0 bridgehead atoms. The fraction of sp³-hybridized carbons (Fsp3) is 0.467. The summed E-state index contributed by atoms with van der Waals surface area (Å²) in [5.41, 5.74) is 2.55. The average molecular weight is 264 g/mol. The minimum Gasteiger partial charge on any atom is -0.418 e. The third-order valence-corrected chi connectivity index (χ3v) is 5.28. The highest BCUT2D eigenvalue weighted by molar-refractivity contribution is 6.51. The molecule has 0 saturated carbocycles. The quantitative estimate of drug-likeness (QED) is 0.504. The van der Waals surface area contributed by atoms with Crippen LogP contribution in [0.25, 0.3) is 6.08 Å². The molecule has 1 unspecified atom stereocenters. The summed E-state index contributed by atoms with van der Waals surface area (Å²) >= 11 is 0. The number of ether oxygens (including phenoxy) is 1. The van der Waals surface area contributed by atoms with Crippen molar-refractivity contribution in [3.8, 4) is 0 Å². The molecule has 0 aliphatic heterocycles. The molecular weight excluding hydrogens is 240 g/mol. The predicted molar refractivity (Wildman–Crippen MR) is 80.3 cm³/mol. The van der Waals surface area contributed by atoms with Crippen molar-refractivity contribution >= 4 is 15.1 Å². The van der Waals surface area contributed by atoms with Crippen LogP contribution in [0.3, 0.4) is 0 Å². The Morgan fingerprint density at radius 2 is 2.22 bits per heavy atom. The monoisotopic (exact) mass is 264 g/mol. The highest BCUT2D eigenvalue weighted by atomic mass is 28.3. The van der Waals surface area contributed by atoms with Crippen LogP contribution < -0.4 is 0 Å². The number of aryl methyl sites for hydroxylation is 1. The molecule has 0 saturated heterocycles. The second kappa shape index (κ2) is 9.08. The van der Waals surface area contributed by atoms with Gasteiger partial charge >= 0.3 is 0 Å². The van der Waals surface area contributed by atoms with E-state index in [1.54, 1.807) is 7.11 Å². The molecule has 0 N–H and O–H groups in total. The van der Waals surface area contributed by atoms with Crippen molar-refractivity contribution in [2.75, 3.05) is 19.9 Å². The number of benzene rings is 1. The number of hydrogen-bond acceptors (Lipinski definition) is 2. The number of rotatable bonds is 9. The van der Waals surface area contributed by atoms with Gasteiger partial charge in [0, 0.05) is 13.7 Å². The molecule has 0 amide bonds. The molecule has 2 nitrogen and oxygen atoms in total. The van der Waals surface area contributed by atoms with E-state index in [4.69, 9.17) is 9.16 Å². The maximum absolute atomic E-state index is 5.90.